The minimum Gasteiger partial charge on any atom is -0.496 e. The molecule has 1 aromatic heterocycles. The molecule has 0 atom stereocenters. The Morgan fingerprint density at radius 2 is 1.96 bits per heavy atom. The summed E-state index contributed by atoms with van der Waals surface area (Å²) in [4.78, 5) is 3.69. The number of aromatic nitrogens is 4. The highest BCUT2D eigenvalue weighted by atomic mass is 79.9. The lowest BCUT2D eigenvalue weighted by atomic mass is 10.2. The molecule has 3 rings (SSSR count). The molecular formula is C17H18BrN5O. The Morgan fingerprint density at radius 1 is 1.17 bits per heavy atom. The summed E-state index contributed by atoms with van der Waals surface area (Å²) < 4.78 is 6.44. The number of halogens is 1. The molecule has 0 aliphatic heterocycles. The maximum absolute atomic E-state index is 5.42. The van der Waals surface area contributed by atoms with Crippen LogP contribution in [0.5, 0.6) is 5.75 Å². The maximum atomic E-state index is 5.42. The number of methoxy groups -OCH3 is 1. The first-order valence-electron chi connectivity index (χ1n) is 7.50. The van der Waals surface area contributed by atoms with E-state index in [1.54, 1.807) is 11.9 Å². The van der Waals surface area contributed by atoms with E-state index in [-0.39, 0.29) is 0 Å². The third-order valence-electron chi connectivity index (χ3n) is 3.54. The second-order valence-electron chi connectivity index (χ2n) is 5.46. The molecule has 0 radical (unpaired) electrons. The van der Waals surface area contributed by atoms with Crippen LogP contribution in [-0.4, -0.2) is 39.3 Å². The van der Waals surface area contributed by atoms with Crippen molar-refractivity contribution in [3.8, 4) is 17.1 Å². The van der Waals surface area contributed by atoms with Crippen LogP contribution >= 0.6 is 15.9 Å². The molecule has 124 valence electrons. The molecule has 0 N–H and O–H groups in total. The van der Waals surface area contributed by atoms with Crippen molar-refractivity contribution in [1.29, 1.82) is 0 Å². The van der Waals surface area contributed by atoms with Gasteiger partial charge in [0, 0.05) is 22.1 Å². The molecule has 24 heavy (non-hydrogen) atoms. The number of nitrogens with zero attached hydrogens (tertiary/aromatic N) is 5. The van der Waals surface area contributed by atoms with E-state index in [2.05, 4.69) is 42.3 Å². The fourth-order valence-electron chi connectivity index (χ4n) is 2.43. The van der Waals surface area contributed by atoms with E-state index in [1.165, 1.54) is 0 Å². The van der Waals surface area contributed by atoms with Gasteiger partial charge >= 0.3 is 0 Å². The van der Waals surface area contributed by atoms with E-state index < -0.39 is 0 Å². The summed E-state index contributed by atoms with van der Waals surface area (Å²) in [7, 11) is 3.68. The highest BCUT2D eigenvalue weighted by Gasteiger charge is 2.10. The molecule has 0 aliphatic rings. The maximum Gasteiger partial charge on any atom is 0.204 e. The standard InChI is InChI=1S/C17H18BrN5O/c1-22(11-14-10-15(18)8-9-16(14)24-2)12-23-20-17(19-21-23)13-6-4-3-5-7-13/h3-10H,11-12H2,1-2H3. The minimum atomic E-state index is 0.537. The van der Waals surface area contributed by atoms with Crippen LogP contribution in [0.4, 0.5) is 0 Å². The molecule has 0 amide bonds. The van der Waals surface area contributed by atoms with E-state index in [0.29, 0.717) is 19.0 Å². The van der Waals surface area contributed by atoms with E-state index in [0.717, 1.165) is 21.3 Å². The SMILES string of the molecule is COc1ccc(Br)cc1CN(C)Cn1nnc(-c2ccccc2)n1. The van der Waals surface area contributed by atoms with Crippen LogP contribution in [0, 0.1) is 0 Å². The van der Waals surface area contributed by atoms with Crippen molar-refractivity contribution in [3.63, 3.8) is 0 Å². The van der Waals surface area contributed by atoms with Gasteiger partial charge in [-0.3, -0.25) is 4.90 Å². The van der Waals surface area contributed by atoms with Gasteiger partial charge in [-0.15, -0.1) is 15.0 Å². The third-order valence-corrected chi connectivity index (χ3v) is 4.03. The summed E-state index contributed by atoms with van der Waals surface area (Å²) in [6.45, 7) is 1.25. The van der Waals surface area contributed by atoms with E-state index >= 15 is 0 Å². The van der Waals surface area contributed by atoms with E-state index in [9.17, 15) is 0 Å². The summed E-state index contributed by atoms with van der Waals surface area (Å²) >= 11 is 3.50. The molecule has 0 spiro atoms. The van der Waals surface area contributed by atoms with Gasteiger partial charge in [-0.1, -0.05) is 46.3 Å². The van der Waals surface area contributed by atoms with Crippen molar-refractivity contribution in [3.05, 3.63) is 58.6 Å². The number of tetrazole rings is 1. The van der Waals surface area contributed by atoms with Gasteiger partial charge in [-0.2, -0.15) is 0 Å². The first-order chi connectivity index (χ1) is 11.7. The van der Waals surface area contributed by atoms with Crippen molar-refractivity contribution in [1.82, 2.24) is 25.1 Å². The highest BCUT2D eigenvalue weighted by Crippen LogP contribution is 2.24. The van der Waals surface area contributed by atoms with Crippen molar-refractivity contribution in [2.24, 2.45) is 0 Å². The summed E-state index contributed by atoms with van der Waals surface area (Å²) in [5.74, 6) is 1.49. The molecule has 0 saturated heterocycles. The molecule has 7 heteroatoms. The number of benzene rings is 2. The predicted molar refractivity (Wildman–Crippen MR) is 95.4 cm³/mol. The van der Waals surface area contributed by atoms with Gasteiger partial charge in [0.15, 0.2) is 0 Å². The van der Waals surface area contributed by atoms with Gasteiger partial charge in [0.05, 0.1) is 7.11 Å². The summed E-state index contributed by atoms with van der Waals surface area (Å²) in [6, 6.07) is 15.8. The predicted octanol–water partition coefficient (Wildman–Crippen LogP) is 3.20. The average molecular weight is 388 g/mol. The first-order valence-corrected chi connectivity index (χ1v) is 8.29. The van der Waals surface area contributed by atoms with Gasteiger partial charge in [0.25, 0.3) is 0 Å². The van der Waals surface area contributed by atoms with Crippen LogP contribution in [-0.2, 0) is 13.2 Å². The zero-order valence-electron chi connectivity index (χ0n) is 13.6. The van der Waals surface area contributed by atoms with Crippen molar-refractivity contribution in [2.45, 2.75) is 13.2 Å². The van der Waals surface area contributed by atoms with Gasteiger partial charge in [0.2, 0.25) is 5.82 Å². The summed E-state index contributed by atoms with van der Waals surface area (Å²) in [5, 5.41) is 12.7. The molecular weight excluding hydrogens is 370 g/mol. The van der Waals surface area contributed by atoms with E-state index in [1.807, 2.05) is 49.5 Å². The molecule has 1 heterocycles. The summed E-state index contributed by atoms with van der Waals surface area (Å²) in [6.07, 6.45) is 0. The highest BCUT2D eigenvalue weighted by molar-refractivity contribution is 9.10. The topological polar surface area (TPSA) is 56.1 Å². The molecule has 6 nitrogen and oxygen atoms in total. The van der Waals surface area contributed by atoms with Crippen LogP contribution in [0.15, 0.2) is 53.0 Å². The quantitative estimate of drug-likeness (QED) is 0.649. The Morgan fingerprint density at radius 3 is 2.71 bits per heavy atom. The Hall–Kier alpha value is -2.25. The monoisotopic (exact) mass is 387 g/mol. The van der Waals surface area contributed by atoms with Gasteiger partial charge in [0.1, 0.15) is 12.4 Å². The van der Waals surface area contributed by atoms with Crippen LogP contribution < -0.4 is 4.74 Å². The van der Waals surface area contributed by atoms with Crippen LogP contribution in [0.3, 0.4) is 0 Å². The van der Waals surface area contributed by atoms with Gasteiger partial charge in [-0.05, 0) is 30.5 Å². The normalized spacial score (nSPS) is 11.0. The fourth-order valence-corrected chi connectivity index (χ4v) is 2.84. The Kier molecular flexibility index (Phi) is 5.22. The fraction of sp³-hybridized carbons (Fsp3) is 0.235. The van der Waals surface area contributed by atoms with Crippen molar-refractivity contribution >= 4 is 15.9 Å². The number of rotatable bonds is 6. The lowest BCUT2D eigenvalue weighted by Gasteiger charge is -2.17. The van der Waals surface area contributed by atoms with Gasteiger partial charge < -0.3 is 4.74 Å². The molecule has 0 aliphatic carbocycles. The van der Waals surface area contributed by atoms with E-state index in [4.69, 9.17) is 4.74 Å². The average Bonchev–Trinajstić information content (AvgIpc) is 3.04. The zero-order chi connectivity index (χ0) is 16.9. The largest absolute Gasteiger partial charge is 0.496 e. The third kappa shape index (κ3) is 3.98. The lowest BCUT2D eigenvalue weighted by Crippen LogP contribution is -2.23. The molecule has 0 unspecified atom stereocenters. The summed E-state index contributed by atoms with van der Waals surface area (Å²) in [5.41, 5.74) is 2.05. The number of hydrogen-bond acceptors (Lipinski definition) is 5. The first kappa shape index (κ1) is 16.6. The lowest BCUT2D eigenvalue weighted by molar-refractivity contribution is 0.224. The number of hydrogen-bond donors (Lipinski definition) is 0. The molecule has 3 aromatic rings. The molecule has 0 fully saturated rings. The van der Waals surface area contributed by atoms with Crippen LogP contribution in [0.1, 0.15) is 5.56 Å². The van der Waals surface area contributed by atoms with Gasteiger partial charge in [-0.25, -0.2) is 0 Å². The molecule has 0 bridgehead atoms. The second kappa shape index (κ2) is 7.55. The van der Waals surface area contributed by atoms with Crippen LogP contribution in [0.25, 0.3) is 11.4 Å². The zero-order valence-corrected chi connectivity index (χ0v) is 15.1. The Balaban J connectivity index is 1.69. The Bertz CT molecular complexity index is 806. The smallest absolute Gasteiger partial charge is 0.204 e. The van der Waals surface area contributed by atoms with Crippen molar-refractivity contribution in [2.75, 3.05) is 14.2 Å². The number of ether oxygens (including phenoxy) is 1. The minimum absolute atomic E-state index is 0.537. The molecule has 0 saturated carbocycles. The molecule has 2 aromatic carbocycles. The second-order valence-corrected chi connectivity index (χ2v) is 6.38. The Labute approximate surface area is 149 Å². The van der Waals surface area contributed by atoms with Crippen molar-refractivity contribution < 1.29 is 4.74 Å². The van der Waals surface area contributed by atoms with Crippen LogP contribution in [0.2, 0.25) is 0 Å².